The zero-order valence-corrected chi connectivity index (χ0v) is 13.0. The third kappa shape index (κ3) is 4.34. The van der Waals surface area contributed by atoms with Crippen molar-refractivity contribution in [2.24, 2.45) is 0 Å². The highest BCUT2D eigenvalue weighted by Crippen LogP contribution is 2.21. The molecule has 2 rings (SSSR count). The molecular weight excluding hydrogens is 309 g/mol. The molecule has 0 unspecified atom stereocenters. The predicted molar refractivity (Wildman–Crippen MR) is 86.3 cm³/mol. The molecule has 0 aliphatic heterocycles. The van der Waals surface area contributed by atoms with Crippen molar-refractivity contribution in [1.82, 2.24) is 10.3 Å². The van der Waals surface area contributed by atoms with Gasteiger partial charge in [-0.3, -0.25) is 4.79 Å². The quantitative estimate of drug-likeness (QED) is 0.886. The van der Waals surface area contributed by atoms with Crippen molar-refractivity contribution in [2.75, 3.05) is 18.9 Å². The Morgan fingerprint density at radius 1 is 1.24 bits per heavy atom. The Labute approximate surface area is 133 Å². The fourth-order valence-electron chi connectivity index (χ4n) is 1.83. The Hall–Kier alpha value is -1.78. The number of nitrogens with zero attached hydrogens (tertiary/aromatic N) is 1. The van der Waals surface area contributed by atoms with Gasteiger partial charge in [-0.15, -0.1) is 0 Å². The van der Waals surface area contributed by atoms with Crippen LogP contribution >= 0.6 is 23.2 Å². The van der Waals surface area contributed by atoms with E-state index in [0.29, 0.717) is 34.5 Å². The molecule has 0 fully saturated rings. The monoisotopic (exact) mass is 323 g/mol. The van der Waals surface area contributed by atoms with E-state index in [1.807, 2.05) is 6.07 Å². The van der Waals surface area contributed by atoms with E-state index in [0.717, 1.165) is 5.56 Å². The van der Waals surface area contributed by atoms with Gasteiger partial charge in [-0.1, -0.05) is 35.3 Å². The average Bonchev–Trinajstić information content (AvgIpc) is 2.49. The van der Waals surface area contributed by atoms with Gasteiger partial charge < -0.3 is 10.6 Å². The van der Waals surface area contributed by atoms with Gasteiger partial charge in [0.05, 0.1) is 0 Å². The molecule has 1 amide bonds. The maximum atomic E-state index is 12.0. The van der Waals surface area contributed by atoms with Crippen LogP contribution in [0.5, 0.6) is 0 Å². The highest BCUT2D eigenvalue weighted by atomic mass is 35.5. The van der Waals surface area contributed by atoms with E-state index in [1.54, 1.807) is 37.4 Å². The third-order valence-electron chi connectivity index (χ3n) is 2.93. The Morgan fingerprint density at radius 2 is 2.05 bits per heavy atom. The van der Waals surface area contributed by atoms with Gasteiger partial charge in [0.1, 0.15) is 11.5 Å². The molecule has 0 aliphatic carbocycles. The van der Waals surface area contributed by atoms with E-state index in [4.69, 9.17) is 23.2 Å². The van der Waals surface area contributed by atoms with Crippen molar-refractivity contribution in [2.45, 2.75) is 6.42 Å². The number of hydrogen-bond donors (Lipinski definition) is 2. The van der Waals surface area contributed by atoms with Crippen molar-refractivity contribution in [3.8, 4) is 0 Å². The minimum atomic E-state index is -0.211. The van der Waals surface area contributed by atoms with E-state index in [9.17, 15) is 4.79 Å². The van der Waals surface area contributed by atoms with Crippen LogP contribution in [0.4, 0.5) is 5.82 Å². The lowest BCUT2D eigenvalue weighted by Crippen LogP contribution is -2.26. The summed E-state index contributed by atoms with van der Waals surface area (Å²) < 4.78 is 0. The van der Waals surface area contributed by atoms with Gasteiger partial charge in [-0.25, -0.2) is 4.98 Å². The van der Waals surface area contributed by atoms with E-state index in [2.05, 4.69) is 15.6 Å². The Kier molecular flexibility index (Phi) is 5.42. The summed E-state index contributed by atoms with van der Waals surface area (Å²) in [5.41, 5.74) is 1.32. The summed E-state index contributed by atoms with van der Waals surface area (Å²) in [5.74, 6) is 0.445. The summed E-state index contributed by atoms with van der Waals surface area (Å²) in [6.07, 6.45) is 0.632. The first kappa shape index (κ1) is 15.6. The van der Waals surface area contributed by atoms with E-state index in [-0.39, 0.29) is 5.91 Å². The Balaban J connectivity index is 1.92. The highest BCUT2D eigenvalue weighted by Gasteiger charge is 2.08. The number of aromatic nitrogens is 1. The number of amides is 1. The van der Waals surface area contributed by atoms with Crippen LogP contribution in [0.25, 0.3) is 0 Å². The smallest absolute Gasteiger partial charge is 0.269 e. The van der Waals surface area contributed by atoms with Crippen LogP contribution in [-0.4, -0.2) is 24.5 Å². The molecule has 0 saturated heterocycles. The maximum Gasteiger partial charge on any atom is 0.269 e. The van der Waals surface area contributed by atoms with Crippen LogP contribution in [0.15, 0.2) is 36.4 Å². The van der Waals surface area contributed by atoms with Crippen LogP contribution in [0.3, 0.4) is 0 Å². The normalized spacial score (nSPS) is 10.2. The summed E-state index contributed by atoms with van der Waals surface area (Å²) in [4.78, 5) is 16.2. The number of anilines is 1. The minimum absolute atomic E-state index is 0.211. The van der Waals surface area contributed by atoms with E-state index < -0.39 is 0 Å². The number of carbonyl (C=O) groups excluding carboxylic acids is 1. The summed E-state index contributed by atoms with van der Waals surface area (Å²) in [5, 5.41) is 6.92. The molecule has 0 aliphatic rings. The lowest BCUT2D eigenvalue weighted by Gasteiger charge is -2.07. The van der Waals surface area contributed by atoms with E-state index >= 15 is 0 Å². The van der Waals surface area contributed by atoms with Crippen LogP contribution in [0, 0.1) is 0 Å². The van der Waals surface area contributed by atoms with Crippen molar-refractivity contribution >= 4 is 34.9 Å². The van der Waals surface area contributed by atoms with Crippen molar-refractivity contribution in [3.05, 3.63) is 57.7 Å². The third-order valence-corrected chi connectivity index (χ3v) is 3.52. The number of halogens is 2. The van der Waals surface area contributed by atoms with Crippen molar-refractivity contribution in [3.63, 3.8) is 0 Å². The molecular formula is C15H15Cl2N3O. The van der Waals surface area contributed by atoms with Gasteiger partial charge in [0.2, 0.25) is 0 Å². The number of benzene rings is 1. The SMILES string of the molecule is CNc1cccc(C(=O)NCCc2ccc(Cl)cc2Cl)n1. The number of rotatable bonds is 5. The number of hydrogen-bond acceptors (Lipinski definition) is 3. The molecule has 0 atom stereocenters. The van der Waals surface area contributed by atoms with Gasteiger partial charge in [0.15, 0.2) is 0 Å². The van der Waals surface area contributed by atoms with Crippen LogP contribution in [0.1, 0.15) is 16.1 Å². The second-order valence-corrected chi connectivity index (χ2v) is 5.24. The van der Waals surface area contributed by atoms with Gasteiger partial charge in [-0.05, 0) is 36.2 Å². The van der Waals surface area contributed by atoms with Crippen molar-refractivity contribution < 1.29 is 4.79 Å². The molecule has 1 aromatic heterocycles. The Morgan fingerprint density at radius 3 is 2.76 bits per heavy atom. The van der Waals surface area contributed by atoms with Gasteiger partial charge >= 0.3 is 0 Å². The summed E-state index contributed by atoms with van der Waals surface area (Å²) in [6, 6.07) is 10.6. The Bertz CT molecular complexity index is 647. The first-order valence-electron chi connectivity index (χ1n) is 6.47. The summed E-state index contributed by atoms with van der Waals surface area (Å²) >= 11 is 11.9. The van der Waals surface area contributed by atoms with Gasteiger partial charge in [-0.2, -0.15) is 0 Å². The average molecular weight is 324 g/mol. The molecule has 6 heteroatoms. The molecule has 0 bridgehead atoms. The fourth-order valence-corrected chi connectivity index (χ4v) is 2.33. The van der Waals surface area contributed by atoms with Gasteiger partial charge in [0, 0.05) is 23.6 Å². The zero-order valence-electron chi connectivity index (χ0n) is 11.5. The number of nitrogens with one attached hydrogen (secondary N) is 2. The van der Waals surface area contributed by atoms with Crippen molar-refractivity contribution in [1.29, 1.82) is 0 Å². The second kappa shape index (κ2) is 7.29. The molecule has 0 saturated carbocycles. The molecule has 21 heavy (non-hydrogen) atoms. The molecule has 1 aromatic carbocycles. The zero-order chi connectivity index (χ0) is 15.2. The van der Waals surface area contributed by atoms with Crippen LogP contribution < -0.4 is 10.6 Å². The summed E-state index contributed by atoms with van der Waals surface area (Å²) in [6.45, 7) is 0.478. The standard InChI is InChI=1S/C15H15Cl2N3O/c1-18-14-4-2-3-13(20-14)15(21)19-8-7-10-5-6-11(16)9-12(10)17/h2-6,9H,7-8H2,1H3,(H,18,20)(H,19,21). The number of pyridine rings is 1. The first-order valence-corrected chi connectivity index (χ1v) is 7.22. The molecule has 2 aromatic rings. The lowest BCUT2D eigenvalue weighted by molar-refractivity contribution is 0.0949. The molecule has 4 nitrogen and oxygen atoms in total. The van der Waals surface area contributed by atoms with Gasteiger partial charge in [0.25, 0.3) is 5.91 Å². The van der Waals surface area contributed by atoms with E-state index in [1.165, 1.54) is 0 Å². The fraction of sp³-hybridized carbons (Fsp3) is 0.200. The second-order valence-electron chi connectivity index (χ2n) is 4.40. The topological polar surface area (TPSA) is 54.0 Å². The van der Waals surface area contributed by atoms with Crippen LogP contribution in [0.2, 0.25) is 10.0 Å². The predicted octanol–water partition coefficient (Wildman–Crippen LogP) is 3.40. The highest BCUT2D eigenvalue weighted by molar-refractivity contribution is 6.35. The lowest BCUT2D eigenvalue weighted by atomic mass is 10.1. The summed E-state index contributed by atoms with van der Waals surface area (Å²) in [7, 11) is 1.76. The molecule has 1 heterocycles. The molecule has 0 radical (unpaired) electrons. The largest absolute Gasteiger partial charge is 0.373 e. The van der Waals surface area contributed by atoms with Crippen LogP contribution in [-0.2, 0) is 6.42 Å². The first-order chi connectivity index (χ1) is 10.1. The molecule has 2 N–H and O–H groups in total. The number of carbonyl (C=O) groups is 1. The minimum Gasteiger partial charge on any atom is -0.373 e. The molecule has 110 valence electrons. The maximum absolute atomic E-state index is 12.0. The molecule has 0 spiro atoms.